The van der Waals surface area contributed by atoms with Gasteiger partial charge in [-0.15, -0.1) is 11.3 Å². The number of hydrogen-bond donors (Lipinski definition) is 2. The quantitative estimate of drug-likeness (QED) is 0.619. The molecule has 0 aliphatic rings. The smallest absolute Gasteiger partial charge is 0.252 e. The van der Waals surface area contributed by atoms with Crippen LogP contribution in [-0.2, 0) is 25.5 Å². The van der Waals surface area contributed by atoms with Gasteiger partial charge >= 0.3 is 0 Å². The summed E-state index contributed by atoms with van der Waals surface area (Å²) in [5, 5.41) is 7.93. The minimum atomic E-state index is -0.240. The zero-order valence-electron chi connectivity index (χ0n) is 14.9. The van der Waals surface area contributed by atoms with Crippen molar-refractivity contribution in [2.24, 2.45) is 0 Å². The first-order valence-electron chi connectivity index (χ1n) is 8.24. The summed E-state index contributed by atoms with van der Waals surface area (Å²) in [5.74, 6) is -0.266. The van der Waals surface area contributed by atoms with Crippen molar-refractivity contribution in [2.75, 3.05) is 38.8 Å². The van der Waals surface area contributed by atoms with E-state index in [1.165, 1.54) is 18.3 Å². The van der Waals surface area contributed by atoms with Gasteiger partial charge in [-0.1, -0.05) is 24.3 Å². The van der Waals surface area contributed by atoms with Crippen LogP contribution in [-0.4, -0.2) is 50.3 Å². The Morgan fingerprint density at radius 1 is 1.19 bits per heavy atom. The fourth-order valence-electron chi connectivity index (χ4n) is 2.15. The van der Waals surface area contributed by atoms with E-state index in [4.69, 9.17) is 9.47 Å². The van der Waals surface area contributed by atoms with E-state index in [0.29, 0.717) is 24.9 Å². The SMILES string of the molecule is COCCOCC(=O)Nc1nc(-c2ccc(CCNC(C)=O)cc2)cs1. The topological polar surface area (TPSA) is 89.6 Å². The standard InChI is InChI=1S/C18H23N3O4S/c1-13(22)19-8-7-14-3-5-15(6-4-14)16-12-26-18(20-16)21-17(23)11-25-10-9-24-2/h3-6,12H,7-11H2,1-2H3,(H,19,22)(H,20,21,23). The molecule has 0 saturated heterocycles. The molecule has 2 N–H and O–H groups in total. The van der Waals surface area contributed by atoms with Gasteiger partial charge in [0.2, 0.25) is 5.91 Å². The Morgan fingerprint density at radius 3 is 2.65 bits per heavy atom. The third kappa shape index (κ3) is 6.91. The van der Waals surface area contributed by atoms with Crippen LogP contribution in [0, 0.1) is 0 Å². The number of ether oxygens (including phenoxy) is 2. The van der Waals surface area contributed by atoms with Crippen molar-refractivity contribution in [3.8, 4) is 11.3 Å². The van der Waals surface area contributed by atoms with E-state index < -0.39 is 0 Å². The van der Waals surface area contributed by atoms with Gasteiger partial charge in [0.1, 0.15) is 6.61 Å². The molecule has 1 aromatic heterocycles. The van der Waals surface area contributed by atoms with Gasteiger partial charge in [-0.2, -0.15) is 0 Å². The molecule has 140 valence electrons. The average molecular weight is 377 g/mol. The molecule has 0 atom stereocenters. The lowest BCUT2D eigenvalue weighted by Gasteiger charge is -2.04. The highest BCUT2D eigenvalue weighted by Crippen LogP contribution is 2.25. The van der Waals surface area contributed by atoms with Gasteiger partial charge < -0.3 is 14.8 Å². The fraction of sp³-hybridized carbons (Fsp3) is 0.389. The van der Waals surface area contributed by atoms with Crippen molar-refractivity contribution >= 4 is 28.3 Å². The van der Waals surface area contributed by atoms with E-state index >= 15 is 0 Å². The second-order valence-electron chi connectivity index (χ2n) is 5.56. The highest BCUT2D eigenvalue weighted by molar-refractivity contribution is 7.14. The van der Waals surface area contributed by atoms with E-state index in [1.807, 2.05) is 29.6 Å². The summed E-state index contributed by atoms with van der Waals surface area (Å²) in [7, 11) is 1.58. The molecule has 0 fully saturated rings. The van der Waals surface area contributed by atoms with Gasteiger partial charge in [0, 0.05) is 31.5 Å². The molecule has 0 saturated carbocycles. The maximum atomic E-state index is 11.8. The minimum absolute atomic E-state index is 0.0252. The number of nitrogens with one attached hydrogen (secondary N) is 2. The molecule has 7 nitrogen and oxygen atoms in total. The van der Waals surface area contributed by atoms with Crippen LogP contribution in [0.4, 0.5) is 5.13 Å². The maximum Gasteiger partial charge on any atom is 0.252 e. The highest BCUT2D eigenvalue weighted by atomic mass is 32.1. The second kappa shape index (κ2) is 10.6. The normalized spacial score (nSPS) is 10.5. The molecule has 1 heterocycles. The highest BCUT2D eigenvalue weighted by Gasteiger charge is 2.08. The first-order valence-corrected chi connectivity index (χ1v) is 9.12. The van der Waals surface area contributed by atoms with E-state index in [9.17, 15) is 9.59 Å². The van der Waals surface area contributed by atoms with Crippen LogP contribution >= 0.6 is 11.3 Å². The number of anilines is 1. The molecule has 0 spiro atoms. The third-order valence-electron chi connectivity index (χ3n) is 3.45. The van der Waals surface area contributed by atoms with Gasteiger partial charge in [-0.3, -0.25) is 14.9 Å². The van der Waals surface area contributed by atoms with Crippen LogP contribution in [0.15, 0.2) is 29.6 Å². The number of nitrogens with zero attached hydrogens (tertiary/aromatic N) is 1. The zero-order valence-corrected chi connectivity index (χ0v) is 15.7. The van der Waals surface area contributed by atoms with E-state index in [2.05, 4.69) is 15.6 Å². The number of thiazole rings is 1. The van der Waals surface area contributed by atoms with Crippen molar-refractivity contribution in [2.45, 2.75) is 13.3 Å². The zero-order chi connectivity index (χ0) is 18.8. The predicted octanol–water partition coefficient (Wildman–Crippen LogP) is 2.09. The predicted molar refractivity (Wildman–Crippen MR) is 101 cm³/mol. The van der Waals surface area contributed by atoms with Crippen molar-refractivity contribution in [1.29, 1.82) is 0 Å². The molecule has 2 amide bonds. The molecule has 26 heavy (non-hydrogen) atoms. The number of hydrogen-bond acceptors (Lipinski definition) is 6. The number of carbonyl (C=O) groups excluding carboxylic acids is 2. The molecule has 0 aliphatic carbocycles. The number of carbonyl (C=O) groups is 2. The van der Waals surface area contributed by atoms with Gasteiger partial charge in [0.25, 0.3) is 5.91 Å². The third-order valence-corrected chi connectivity index (χ3v) is 4.21. The molecule has 8 heteroatoms. The average Bonchev–Trinajstić information content (AvgIpc) is 3.07. The molecule has 0 bridgehead atoms. The van der Waals surface area contributed by atoms with Crippen LogP contribution in [0.5, 0.6) is 0 Å². The fourth-order valence-corrected chi connectivity index (χ4v) is 2.89. The van der Waals surface area contributed by atoms with Crippen molar-refractivity contribution in [3.63, 3.8) is 0 Å². The monoisotopic (exact) mass is 377 g/mol. The van der Waals surface area contributed by atoms with Gasteiger partial charge in [0.05, 0.1) is 18.9 Å². The second-order valence-corrected chi connectivity index (χ2v) is 6.42. The van der Waals surface area contributed by atoms with Gasteiger partial charge in [-0.05, 0) is 12.0 Å². The Balaban J connectivity index is 1.84. The van der Waals surface area contributed by atoms with Crippen molar-refractivity contribution in [3.05, 3.63) is 35.2 Å². The summed E-state index contributed by atoms with van der Waals surface area (Å²) < 4.78 is 10.0. The molecule has 0 unspecified atom stereocenters. The number of methoxy groups -OCH3 is 1. The summed E-state index contributed by atoms with van der Waals surface area (Å²) in [6.45, 7) is 2.93. The number of benzene rings is 1. The Kier molecular flexibility index (Phi) is 8.20. The Bertz CT molecular complexity index is 715. The van der Waals surface area contributed by atoms with Crippen LogP contribution < -0.4 is 10.6 Å². The molecular formula is C18H23N3O4S. The Hall–Kier alpha value is -2.29. The lowest BCUT2D eigenvalue weighted by atomic mass is 10.1. The van der Waals surface area contributed by atoms with E-state index in [-0.39, 0.29) is 18.4 Å². The minimum Gasteiger partial charge on any atom is -0.382 e. The first-order chi connectivity index (χ1) is 12.6. The molecule has 1 aromatic carbocycles. The first kappa shape index (κ1) is 20.0. The summed E-state index contributed by atoms with van der Waals surface area (Å²) >= 11 is 1.37. The van der Waals surface area contributed by atoms with E-state index in [0.717, 1.165) is 23.2 Å². The molecule has 2 aromatic rings. The van der Waals surface area contributed by atoms with E-state index in [1.54, 1.807) is 7.11 Å². The molecular weight excluding hydrogens is 354 g/mol. The van der Waals surface area contributed by atoms with Crippen LogP contribution in [0.3, 0.4) is 0 Å². The van der Waals surface area contributed by atoms with Crippen molar-refractivity contribution in [1.82, 2.24) is 10.3 Å². The molecule has 0 aliphatic heterocycles. The van der Waals surface area contributed by atoms with Gasteiger partial charge in [-0.25, -0.2) is 4.98 Å². The lowest BCUT2D eigenvalue weighted by molar-refractivity contribution is -0.121. The summed E-state index contributed by atoms with van der Waals surface area (Å²) in [6.07, 6.45) is 0.779. The summed E-state index contributed by atoms with van der Waals surface area (Å²) in [5.41, 5.74) is 2.92. The van der Waals surface area contributed by atoms with Crippen LogP contribution in [0.2, 0.25) is 0 Å². The van der Waals surface area contributed by atoms with Crippen LogP contribution in [0.1, 0.15) is 12.5 Å². The van der Waals surface area contributed by atoms with Crippen LogP contribution in [0.25, 0.3) is 11.3 Å². The van der Waals surface area contributed by atoms with Gasteiger partial charge in [0.15, 0.2) is 5.13 Å². The number of aromatic nitrogens is 1. The number of rotatable bonds is 10. The van der Waals surface area contributed by atoms with Crippen molar-refractivity contribution < 1.29 is 19.1 Å². The maximum absolute atomic E-state index is 11.8. The Labute approximate surface area is 156 Å². The molecule has 0 radical (unpaired) electrons. The Morgan fingerprint density at radius 2 is 1.96 bits per heavy atom. The largest absolute Gasteiger partial charge is 0.382 e. The number of amides is 2. The lowest BCUT2D eigenvalue weighted by Crippen LogP contribution is -2.22. The summed E-state index contributed by atoms with van der Waals surface area (Å²) in [4.78, 5) is 27.1. The summed E-state index contributed by atoms with van der Waals surface area (Å²) in [6, 6.07) is 7.99. The molecule has 2 rings (SSSR count).